The van der Waals surface area contributed by atoms with E-state index in [9.17, 15) is 24.3 Å². The average molecular weight is 514 g/mol. The van der Waals surface area contributed by atoms with Crippen molar-refractivity contribution in [2.75, 3.05) is 4.90 Å². The second-order valence-corrected chi connectivity index (χ2v) is 10.7. The van der Waals surface area contributed by atoms with Crippen molar-refractivity contribution in [1.29, 1.82) is 0 Å². The van der Waals surface area contributed by atoms with Crippen molar-refractivity contribution in [3.63, 3.8) is 0 Å². The lowest BCUT2D eigenvalue weighted by Crippen LogP contribution is -2.39. The summed E-state index contributed by atoms with van der Waals surface area (Å²) in [6, 6.07) is 11.8. The Morgan fingerprint density at radius 3 is 2.49 bits per heavy atom. The fourth-order valence-electron chi connectivity index (χ4n) is 6.44. The molecule has 0 radical (unpaired) electrons. The number of carbonyl (C=O) groups is 4. The van der Waals surface area contributed by atoms with Crippen LogP contribution in [0.3, 0.4) is 0 Å². The Kier molecular flexibility index (Phi) is 5.35. The zero-order valence-corrected chi connectivity index (χ0v) is 21.1. The molecule has 6 nitrogen and oxygen atoms in total. The lowest BCUT2D eigenvalue weighted by Gasteiger charge is -2.42. The summed E-state index contributed by atoms with van der Waals surface area (Å²) in [6.07, 6.45) is 3.90. The minimum Gasteiger partial charge on any atom is -0.508 e. The molecule has 1 heterocycles. The van der Waals surface area contributed by atoms with Crippen molar-refractivity contribution in [2.45, 2.75) is 32.6 Å². The highest BCUT2D eigenvalue weighted by molar-refractivity contribution is 6.32. The number of hydrogen-bond donors (Lipinski definition) is 1. The predicted octanol–water partition coefficient (Wildman–Crippen LogP) is 4.99. The van der Waals surface area contributed by atoms with Gasteiger partial charge in [-0.05, 0) is 74.1 Å². The van der Waals surface area contributed by atoms with E-state index < -0.39 is 23.7 Å². The van der Waals surface area contributed by atoms with E-state index in [-0.39, 0.29) is 35.6 Å². The van der Waals surface area contributed by atoms with E-state index in [1.165, 1.54) is 11.0 Å². The molecule has 6 rings (SSSR count). The molecule has 0 spiro atoms. The number of aryl methyl sites for hydroxylation is 1. The van der Waals surface area contributed by atoms with E-state index in [0.29, 0.717) is 39.4 Å². The van der Waals surface area contributed by atoms with E-state index in [2.05, 4.69) is 0 Å². The molecule has 4 aliphatic rings. The first-order chi connectivity index (χ1) is 17.7. The smallest absolute Gasteiger partial charge is 0.238 e. The number of allylic oxidation sites excluding steroid dienone is 6. The van der Waals surface area contributed by atoms with E-state index in [0.717, 1.165) is 11.1 Å². The highest BCUT2D eigenvalue weighted by Crippen LogP contribution is 2.55. The van der Waals surface area contributed by atoms with Crippen molar-refractivity contribution in [3.8, 4) is 5.75 Å². The van der Waals surface area contributed by atoms with E-state index >= 15 is 0 Å². The van der Waals surface area contributed by atoms with Gasteiger partial charge < -0.3 is 5.11 Å². The highest BCUT2D eigenvalue weighted by Gasteiger charge is 2.56. The van der Waals surface area contributed by atoms with Crippen LogP contribution in [0.15, 0.2) is 76.9 Å². The van der Waals surface area contributed by atoms with Crippen LogP contribution in [0.1, 0.15) is 36.8 Å². The van der Waals surface area contributed by atoms with Gasteiger partial charge in [0.1, 0.15) is 5.75 Å². The summed E-state index contributed by atoms with van der Waals surface area (Å²) in [5.41, 5.74) is 3.97. The predicted molar refractivity (Wildman–Crippen MR) is 138 cm³/mol. The molecular weight excluding hydrogens is 490 g/mol. The third-order valence-electron chi connectivity index (χ3n) is 8.18. The maximum absolute atomic E-state index is 13.9. The third-order valence-corrected chi connectivity index (χ3v) is 8.59. The molecule has 2 aromatic carbocycles. The number of halogens is 1. The molecule has 37 heavy (non-hydrogen) atoms. The SMILES string of the molecule is CC1=CC(=O)C2=C(C[C@@H]3C(=CC[C@@H]4C(=O)N(c5ccc(C)c(Cl)c5)C(=O)[C@@H]43)[C@@H]2c2cccc(O)c2)C1=O. The van der Waals surface area contributed by atoms with Crippen molar-refractivity contribution >= 4 is 40.7 Å². The highest BCUT2D eigenvalue weighted by atomic mass is 35.5. The molecule has 0 aromatic heterocycles. The summed E-state index contributed by atoms with van der Waals surface area (Å²) >= 11 is 6.31. The molecule has 1 saturated heterocycles. The van der Waals surface area contributed by atoms with Crippen LogP contribution in [0.25, 0.3) is 0 Å². The molecule has 2 amide bonds. The number of nitrogens with zero attached hydrogens (tertiary/aromatic N) is 1. The van der Waals surface area contributed by atoms with Crippen LogP contribution in [0.2, 0.25) is 5.02 Å². The summed E-state index contributed by atoms with van der Waals surface area (Å²) in [4.78, 5) is 55.2. The molecule has 7 heteroatoms. The van der Waals surface area contributed by atoms with Crippen LogP contribution in [0.5, 0.6) is 5.75 Å². The summed E-state index contributed by atoms with van der Waals surface area (Å²) in [5.74, 6) is -3.19. The number of amides is 2. The Balaban J connectivity index is 1.48. The van der Waals surface area contributed by atoms with E-state index in [4.69, 9.17) is 11.6 Å². The molecule has 1 fully saturated rings. The molecule has 4 atom stereocenters. The molecule has 3 aliphatic carbocycles. The molecule has 0 unspecified atom stereocenters. The first-order valence-corrected chi connectivity index (χ1v) is 12.7. The number of rotatable bonds is 2. The van der Waals surface area contributed by atoms with Crippen LogP contribution in [-0.2, 0) is 19.2 Å². The van der Waals surface area contributed by atoms with Crippen LogP contribution in [-0.4, -0.2) is 28.5 Å². The van der Waals surface area contributed by atoms with Crippen LogP contribution >= 0.6 is 11.6 Å². The number of imide groups is 1. The van der Waals surface area contributed by atoms with E-state index in [1.54, 1.807) is 43.3 Å². The normalized spacial score (nSPS) is 27.1. The topological polar surface area (TPSA) is 91.8 Å². The van der Waals surface area contributed by atoms with Gasteiger partial charge in [-0.15, -0.1) is 0 Å². The fourth-order valence-corrected chi connectivity index (χ4v) is 6.62. The van der Waals surface area contributed by atoms with Gasteiger partial charge in [0.25, 0.3) is 0 Å². The van der Waals surface area contributed by atoms with Crippen LogP contribution in [0, 0.1) is 24.7 Å². The molecule has 0 saturated carbocycles. The maximum Gasteiger partial charge on any atom is 0.238 e. The van der Waals surface area contributed by atoms with Gasteiger partial charge in [0.05, 0.1) is 17.5 Å². The quantitative estimate of drug-likeness (QED) is 0.347. The summed E-state index contributed by atoms with van der Waals surface area (Å²) in [6.45, 7) is 3.47. The number of phenolic OH excluding ortho intramolecular Hbond substituents is 1. The Bertz CT molecular complexity index is 1530. The molecule has 1 N–H and O–H groups in total. The minimum absolute atomic E-state index is 0.0481. The number of hydrogen-bond acceptors (Lipinski definition) is 5. The van der Waals surface area contributed by atoms with Gasteiger partial charge in [0.15, 0.2) is 11.6 Å². The van der Waals surface area contributed by atoms with Gasteiger partial charge >= 0.3 is 0 Å². The number of aromatic hydroxyl groups is 1. The van der Waals surface area contributed by atoms with Gasteiger partial charge in [-0.1, -0.05) is 41.4 Å². The standard InChI is InChI=1S/C30H24ClNO5/c1-14-6-7-17(12-23(14)31)32-29(36)20-9-8-19-21(26(20)30(32)37)13-22-27(24(34)10-15(2)28(22)35)25(19)16-4-3-5-18(33)11-16/h3-8,10-12,20-21,25-26,33H,9,13H2,1-2H3/t20-,21+,25-,26-/m0/s1. The van der Waals surface area contributed by atoms with Crippen LogP contribution in [0.4, 0.5) is 5.69 Å². The lowest BCUT2D eigenvalue weighted by molar-refractivity contribution is -0.123. The monoisotopic (exact) mass is 513 g/mol. The third kappa shape index (κ3) is 3.46. The largest absolute Gasteiger partial charge is 0.508 e. The second-order valence-electron chi connectivity index (χ2n) is 10.3. The number of carbonyl (C=O) groups excluding carboxylic acids is 4. The molecule has 0 bridgehead atoms. The minimum atomic E-state index is -0.657. The lowest BCUT2D eigenvalue weighted by atomic mass is 9.59. The van der Waals surface area contributed by atoms with Gasteiger partial charge in [-0.25, -0.2) is 4.90 Å². The summed E-state index contributed by atoms with van der Waals surface area (Å²) in [7, 11) is 0. The van der Waals surface area contributed by atoms with Crippen LogP contribution < -0.4 is 4.90 Å². The van der Waals surface area contributed by atoms with Crippen molar-refractivity contribution in [2.24, 2.45) is 17.8 Å². The van der Waals surface area contributed by atoms with Gasteiger partial charge in [-0.3, -0.25) is 19.2 Å². The van der Waals surface area contributed by atoms with Crippen molar-refractivity contribution in [1.82, 2.24) is 0 Å². The first kappa shape index (κ1) is 23.6. The fraction of sp³-hybridized carbons (Fsp3) is 0.267. The van der Waals surface area contributed by atoms with E-state index in [1.807, 2.05) is 19.1 Å². The second kappa shape index (κ2) is 8.38. The number of fused-ring (bicyclic) bond motifs is 3. The number of anilines is 1. The average Bonchev–Trinajstić information content (AvgIpc) is 3.13. The number of phenols is 1. The zero-order chi connectivity index (χ0) is 26.2. The maximum atomic E-state index is 13.9. The van der Waals surface area contributed by atoms with Gasteiger partial charge in [-0.2, -0.15) is 0 Å². The first-order valence-electron chi connectivity index (χ1n) is 12.3. The number of Topliss-reactive ketones (excluding diaryl/α,β-unsaturated/α-hetero) is 1. The van der Waals surface area contributed by atoms with Crippen molar-refractivity contribution < 1.29 is 24.3 Å². The van der Waals surface area contributed by atoms with Crippen molar-refractivity contribution in [3.05, 3.63) is 93.1 Å². The number of ketones is 2. The Hall–Kier alpha value is -3.77. The van der Waals surface area contributed by atoms with Gasteiger partial charge in [0, 0.05) is 27.7 Å². The summed E-state index contributed by atoms with van der Waals surface area (Å²) in [5, 5.41) is 10.7. The Morgan fingerprint density at radius 1 is 0.973 bits per heavy atom. The molecular formula is C30H24ClNO5. The Labute approximate surface area is 218 Å². The number of benzene rings is 2. The zero-order valence-electron chi connectivity index (χ0n) is 20.3. The van der Waals surface area contributed by atoms with Gasteiger partial charge in [0.2, 0.25) is 11.8 Å². The molecule has 2 aromatic rings. The Morgan fingerprint density at radius 2 is 1.76 bits per heavy atom. The summed E-state index contributed by atoms with van der Waals surface area (Å²) < 4.78 is 0. The molecule has 1 aliphatic heterocycles. The molecule has 186 valence electrons.